The second-order valence-electron chi connectivity index (χ2n) is 3.09. The average Bonchev–Trinajstić information content (AvgIpc) is 2.64. The number of carbonyl (C=O) groups excluding carboxylic acids is 1. The Bertz CT molecular complexity index is 175. The van der Waals surface area contributed by atoms with E-state index < -0.39 is 0 Å². The summed E-state index contributed by atoms with van der Waals surface area (Å²) in [5.74, 6) is 0.472. The van der Waals surface area contributed by atoms with Crippen LogP contribution < -0.4 is 0 Å². The van der Waals surface area contributed by atoms with Gasteiger partial charge in [0.15, 0.2) is 0 Å². The van der Waals surface area contributed by atoms with Crippen LogP contribution in [0.5, 0.6) is 0 Å². The minimum absolute atomic E-state index is 0.181. The lowest BCUT2D eigenvalue weighted by Crippen LogP contribution is -2.08. The molecule has 2 aliphatic rings. The second kappa shape index (κ2) is 1.84. The Hall–Kier alpha value is -0.790. The molecule has 2 heteroatoms. The van der Waals surface area contributed by atoms with Crippen molar-refractivity contribution >= 4 is 5.97 Å². The fraction of sp³-hybridized carbons (Fsp3) is 0.625. The Labute approximate surface area is 59.9 Å². The number of rotatable bonds is 1. The summed E-state index contributed by atoms with van der Waals surface area (Å²) < 4.78 is 5.06. The van der Waals surface area contributed by atoms with Crippen LogP contribution >= 0.6 is 0 Å². The molecule has 0 aromatic carbocycles. The first kappa shape index (κ1) is 5.96. The molecule has 2 fully saturated rings. The summed E-state index contributed by atoms with van der Waals surface area (Å²) in [5.41, 5.74) is 0.650. The van der Waals surface area contributed by atoms with Crippen molar-refractivity contribution in [2.75, 3.05) is 0 Å². The van der Waals surface area contributed by atoms with Gasteiger partial charge in [-0.05, 0) is 18.8 Å². The largest absolute Gasteiger partial charge is 0.458 e. The van der Waals surface area contributed by atoms with Crippen molar-refractivity contribution in [1.29, 1.82) is 0 Å². The monoisotopic (exact) mass is 138 g/mol. The summed E-state index contributed by atoms with van der Waals surface area (Å²) >= 11 is 0. The molecule has 0 radical (unpaired) electrons. The lowest BCUT2D eigenvalue weighted by Gasteiger charge is -2.03. The van der Waals surface area contributed by atoms with Gasteiger partial charge in [-0.3, -0.25) is 0 Å². The molecule has 1 saturated carbocycles. The number of carbonyl (C=O) groups is 1. The first-order chi connectivity index (χ1) is 4.77. The van der Waals surface area contributed by atoms with Gasteiger partial charge < -0.3 is 4.74 Å². The number of hydrogen-bond donors (Lipinski definition) is 0. The van der Waals surface area contributed by atoms with Crippen LogP contribution in [-0.4, -0.2) is 12.1 Å². The molecule has 0 bridgehead atoms. The Morgan fingerprint density at radius 1 is 1.50 bits per heavy atom. The third-order valence-electron chi connectivity index (χ3n) is 2.14. The van der Waals surface area contributed by atoms with Gasteiger partial charge in [0.1, 0.15) is 6.10 Å². The van der Waals surface area contributed by atoms with Crippen molar-refractivity contribution in [3.05, 3.63) is 12.2 Å². The summed E-state index contributed by atoms with van der Waals surface area (Å²) in [6.07, 6.45) is 3.40. The van der Waals surface area contributed by atoms with Crippen molar-refractivity contribution < 1.29 is 9.53 Å². The first-order valence-corrected chi connectivity index (χ1v) is 3.66. The van der Waals surface area contributed by atoms with Crippen molar-refractivity contribution in [2.24, 2.45) is 5.92 Å². The van der Waals surface area contributed by atoms with Crippen LogP contribution in [0.25, 0.3) is 0 Å². The summed E-state index contributed by atoms with van der Waals surface area (Å²) in [6, 6.07) is 0. The predicted octanol–water partition coefficient (Wildman–Crippen LogP) is 1.27. The molecule has 1 unspecified atom stereocenters. The minimum atomic E-state index is -0.183. The molecular formula is C8H10O2. The van der Waals surface area contributed by atoms with E-state index in [4.69, 9.17) is 4.74 Å². The predicted molar refractivity (Wildman–Crippen MR) is 36.4 cm³/mol. The Morgan fingerprint density at radius 2 is 2.20 bits per heavy atom. The van der Waals surface area contributed by atoms with Gasteiger partial charge in [0, 0.05) is 12.0 Å². The fourth-order valence-corrected chi connectivity index (χ4v) is 1.32. The summed E-state index contributed by atoms with van der Waals surface area (Å²) in [7, 11) is 0. The molecule has 0 amide bonds. The van der Waals surface area contributed by atoms with Gasteiger partial charge >= 0.3 is 5.97 Å². The van der Waals surface area contributed by atoms with Gasteiger partial charge in [0.05, 0.1) is 0 Å². The van der Waals surface area contributed by atoms with Crippen LogP contribution in [0.15, 0.2) is 12.2 Å². The zero-order valence-corrected chi connectivity index (χ0v) is 5.80. The Morgan fingerprint density at radius 3 is 2.60 bits per heavy atom. The molecule has 1 aliphatic carbocycles. The highest BCUT2D eigenvalue weighted by Crippen LogP contribution is 2.39. The van der Waals surface area contributed by atoms with Gasteiger partial charge in [-0.2, -0.15) is 0 Å². The van der Waals surface area contributed by atoms with Crippen LogP contribution in [0.4, 0.5) is 0 Å². The maximum atomic E-state index is 10.8. The molecule has 0 N–H and O–H groups in total. The first-order valence-electron chi connectivity index (χ1n) is 3.66. The molecule has 54 valence electrons. The normalized spacial score (nSPS) is 32.6. The second-order valence-corrected chi connectivity index (χ2v) is 3.09. The number of esters is 1. The van der Waals surface area contributed by atoms with Crippen LogP contribution in [0.2, 0.25) is 0 Å². The van der Waals surface area contributed by atoms with E-state index in [2.05, 4.69) is 6.58 Å². The molecular weight excluding hydrogens is 128 g/mol. The zero-order valence-electron chi connectivity index (χ0n) is 5.80. The van der Waals surface area contributed by atoms with E-state index in [1.165, 1.54) is 12.8 Å². The van der Waals surface area contributed by atoms with E-state index in [0.29, 0.717) is 11.5 Å². The van der Waals surface area contributed by atoms with Crippen molar-refractivity contribution in [2.45, 2.75) is 25.4 Å². The summed E-state index contributed by atoms with van der Waals surface area (Å²) in [5, 5.41) is 0. The highest BCUT2D eigenvalue weighted by molar-refractivity contribution is 5.89. The van der Waals surface area contributed by atoms with Crippen molar-refractivity contribution in [1.82, 2.24) is 0 Å². The average molecular weight is 138 g/mol. The number of ether oxygens (including phenoxy) is 1. The fourth-order valence-electron chi connectivity index (χ4n) is 1.32. The number of cyclic esters (lactones) is 1. The van der Waals surface area contributed by atoms with Crippen LogP contribution in [0.3, 0.4) is 0 Å². The van der Waals surface area contributed by atoms with Gasteiger partial charge in [-0.15, -0.1) is 0 Å². The van der Waals surface area contributed by atoms with Crippen molar-refractivity contribution in [3.8, 4) is 0 Å². The molecule has 0 aromatic heterocycles. The molecule has 1 saturated heterocycles. The molecule has 1 heterocycles. The molecule has 2 rings (SSSR count). The van der Waals surface area contributed by atoms with E-state index in [1.54, 1.807) is 0 Å². The van der Waals surface area contributed by atoms with Gasteiger partial charge in [0.25, 0.3) is 0 Å². The quantitative estimate of drug-likeness (QED) is 0.403. The van der Waals surface area contributed by atoms with E-state index in [-0.39, 0.29) is 12.1 Å². The van der Waals surface area contributed by atoms with E-state index in [0.717, 1.165) is 6.42 Å². The third kappa shape index (κ3) is 0.838. The molecule has 0 aromatic rings. The van der Waals surface area contributed by atoms with E-state index >= 15 is 0 Å². The SMILES string of the molecule is C=C1CC(C2CC2)OC1=O. The minimum Gasteiger partial charge on any atom is -0.458 e. The summed E-state index contributed by atoms with van der Waals surface area (Å²) in [6.45, 7) is 3.62. The number of hydrogen-bond acceptors (Lipinski definition) is 2. The van der Waals surface area contributed by atoms with Crippen LogP contribution in [0.1, 0.15) is 19.3 Å². The maximum Gasteiger partial charge on any atom is 0.333 e. The molecule has 1 atom stereocenters. The van der Waals surface area contributed by atoms with Crippen LogP contribution in [-0.2, 0) is 9.53 Å². The highest BCUT2D eigenvalue weighted by Gasteiger charge is 2.39. The van der Waals surface area contributed by atoms with Gasteiger partial charge in [-0.25, -0.2) is 4.79 Å². The third-order valence-corrected chi connectivity index (χ3v) is 2.14. The highest BCUT2D eigenvalue weighted by atomic mass is 16.6. The van der Waals surface area contributed by atoms with Gasteiger partial charge in [-0.1, -0.05) is 6.58 Å². The lowest BCUT2D eigenvalue weighted by molar-refractivity contribution is -0.139. The standard InChI is InChI=1S/C8H10O2/c1-5-4-7(6-2-3-6)10-8(5)9/h6-7H,1-4H2. The maximum absolute atomic E-state index is 10.8. The zero-order chi connectivity index (χ0) is 7.14. The molecule has 10 heavy (non-hydrogen) atoms. The van der Waals surface area contributed by atoms with E-state index in [1.807, 2.05) is 0 Å². The van der Waals surface area contributed by atoms with Crippen LogP contribution in [0, 0.1) is 5.92 Å². The topological polar surface area (TPSA) is 26.3 Å². The van der Waals surface area contributed by atoms with Crippen molar-refractivity contribution in [3.63, 3.8) is 0 Å². The van der Waals surface area contributed by atoms with Gasteiger partial charge in [0.2, 0.25) is 0 Å². The lowest BCUT2D eigenvalue weighted by atomic mass is 10.1. The molecule has 2 nitrogen and oxygen atoms in total. The molecule has 0 spiro atoms. The Balaban J connectivity index is 2.03. The molecule has 1 aliphatic heterocycles. The Kier molecular flexibility index (Phi) is 1.10. The van der Waals surface area contributed by atoms with E-state index in [9.17, 15) is 4.79 Å². The summed E-state index contributed by atoms with van der Waals surface area (Å²) in [4.78, 5) is 10.8. The smallest absolute Gasteiger partial charge is 0.333 e.